The summed E-state index contributed by atoms with van der Waals surface area (Å²) >= 11 is 0. The molecule has 148 valence electrons. The van der Waals surface area contributed by atoms with E-state index in [0.29, 0.717) is 25.2 Å². The zero-order valence-electron chi connectivity index (χ0n) is 15.8. The average molecular weight is 379 g/mol. The third-order valence-corrected chi connectivity index (χ3v) is 6.63. The number of amides is 1. The first kappa shape index (κ1) is 18.6. The molecule has 3 aliphatic rings. The maximum atomic E-state index is 14.2. The molecule has 1 amide bonds. The molecule has 1 aliphatic carbocycles. The highest BCUT2D eigenvalue weighted by Crippen LogP contribution is 2.43. The summed E-state index contributed by atoms with van der Waals surface area (Å²) in [7, 11) is 1.75. The minimum atomic E-state index is -0.683. The summed E-state index contributed by atoms with van der Waals surface area (Å²) in [6, 6.07) is 1.15. The number of anilines is 1. The van der Waals surface area contributed by atoms with Crippen molar-refractivity contribution in [3.05, 3.63) is 23.9 Å². The van der Waals surface area contributed by atoms with Crippen molar-refractivity contribution < 1.29 is 18.3 Å². The summed E-state index contributed by atoms with van der Waals surface area (Å²) in [5.41, 5.74) is -0.459. The quantitative estimate of drug-likeness (QED) is 0.810. The summed E-state index contributed by atoms with van der Waals surface area (Å²) in [5.74, 6) is -0.983. The van der Waals surface area contributed by atoms with Gasteiger partial charge >= 0.3 is 0 Å². The molecule has 0 radical (unpaired) electrons. The first-order chi connectivity index (χ1) is 13.0. The SMILES string of the molecule is CO[C@H]1CC[C@H](N2CC[C@]3(CCCN(c4ncc(F)cc4F)C3)C2=O)CC1. The van der Waals surface area contributed by atoms with Gasteiger partial charge in [0.05, 0.1) is 17.7 Å². The smallest absolute Gasteiger partial charge is 0.230 e. The van der Waals surface area contributed by atoms with Crippen molar-refractivity contribution in [1.82, 2.24) is 9.88 Å². The number of aromatic nitrogens is 1. The number of piperidine rings is 1. The van der Waals surface area contributed by atoms with E-state index >= 15 is 0 Å². The second-order valence-electron chi connectivity index (χ2n) is 8.18. The molecule has 1 aromatic rings. The Hall–Kier alpha value is -1.76. The zero-order valence-corrected chi connectivity index (χ0v) is 15.8. The van der Waals surface area contributed by atoms with E-state index in [9.17, 15) is 13.6 Å². The van der Waals surface area contributed by atoms with Gasteiger partial charge in [0.1, 0.15) is 5.82 Å². The Morgan fingerprint density at radius 3 is 2.67 bits per heavy atom. The Balaban J connectivity index is 1.48. The van der Waals surface area contributed by atoms with Gasteiger partial charge in [-0.25, -0.2) is 13.8 Å². The lowest BCUT2D eigenvalue weighted by molar-refractivity contribution is -0.139. The summed E-state index contributed by atoms with van der Waals surface area (Å²) in [6.45, 7) is 1.88. The Morgan fingerprint density at radius 1 is 1.19 bits per heavy atom. The minimum absolute atomic E-state index is 0.155. The fourth-order valence-electron chi connectivity index (χ4n) is 5.12. The number of rotatable bonds is 3. The van der Waals surface area contributed by atoms with Crippen molar-refractivity contribution in [2.75, 3.05) is 31.6 Å². The van der Waals surface area contributed by atoms with Crippen LogP contribution in [-0.2, 0) is 9.53 Å². The van der Waals surface area contributed by atoms with Gasteiger partial charge in [-0.3, -0.25) is 4.79 Å². The van der Waals surface area contributed by atoms with Crippen LogP contribution in [0, 0.1) is 17.0 Å². The van der Waals surface area contributed by atoms with Gasteiger partial charge in [0.2, 0.25) is 5.91 Å². The van der Waals surface area contributed by atoms with E-state index in [4.69, 9.17) is 4.74 Å². The molecule has 3 heterocycles. The molecule has 2 saturated heterocycles. The van der Waals surface area contributed by atoms with E-state index in [2.05, 4.69) is 9.88 Å². The van der Waals surface area contributed by atoms with Gasteiger partial charge in [-0.05, 0) is 44.9 Å². The molecule has 0 bridgehead atoms. The molecular formula is C20H27F2N3O2. The normalized spacial score (nSPS) is 31.7. The van der Waals surface area contributed by atoms with Crippen molar-refractivity contribution in [2.24, 2.45) is 5.41 Å². The molecule has 0 N–H and O–H groups in total. The number of carbonyl (C=O) groups is 1. The van der Waals surface area contributed by atoms with Gasteiger partial charge in [-0.1, -0.05) is 0 Å². The van der Waals surface area contributed by atoms with Crippen LogP contribution in [0.2, 0.25) is 0 Å². The van der Waals surface area contributed by atoms with Crippen LogP contribution in [0.15, 0.2) is 12.3 Å². The molecule has 2 aliphatic heterocycles. The highest BCUT2D eigenvalue weighted by Gasteiger charge is 2.51. The third-order valence-electron chi connectivity index (χ3n) is 6.63. The average Bonchev–Trinajstić information content (AvgIpc) is 2.98. The minimum Gasteiger partial charge on any atom is -0.381 e. The van der Waals surface area contributed by atoms with Crippen molar-refractivity contribution in [1.29, 1.82) is 0 Å². The molecule has 5 nitrogen and oxygen atoms in total. The number of nitrogens with zero attached hydrogens (tertiary/aromatic N) is 3. The van der Waals surface area contributed by atoms with E-state index < -0.39 is 17.0 Å². The van der Waals surface area contributed by atoms with E-state index in [1.165, 1.54) is 0 Å². The Kier molecular flexibility index (Phi) is 5.05. The number of hydrogen-bond acceptors (Lipinski definition) is 4. The largest absolute Gasteiger partial charge is 0.381 e. The Morgan fingerprint density at radius 2 is 1.96 bits per heavy atom. The highest BCUT2D eigenvalue weighted by molar-refractivity contribution is 5.86. The van der Waals surface area contributed by atoms with Gasteiger partial charge in [0.25, 0.3) is 0 Å². The summed E-state index contributed by atoms with van der Waals surface area (Å²) in [6.07, 6.45) is 7.75. The van der Waals surface area contributed by atoms with E-state index in [1.807, 2.05) is 4.90 Å². The molecule has 27 heavy (non-hydrogen) atoms. The molecular weight excluding hydrogens is 352 g/mol. The van der Waals surface area contributed by atoms with Crippen molar-refractivity contribution >= 4 is 11.7 Å². The lowest BCUT2D eigenvalue weighted by atomic mass is 9.78. The Labute approximate surface area is 158 Å². The topological polar surface area (TPSA) is 45.7 Å². The Bertz CT molecular complexity index is 708. The van der Waals surface area contributed by atoms with Gasteiger partial charge in [-0.15, -0.1) is 0 Å². The molecule has 1 saturated carbocycles. The third kappa shape index (κ3) is 3.42. The number of carbonyl (C=O) groups excluding carboxylic acids is 1. The van der Waals surface area contributed by atoms with E-state index in [1.54, 1.807) is 7.11 Å². The zero-order chi connectivity index (χ0) is 19.0. The number of likely N-dealkylation sites (tertiary alicyclic amines) is 1. The van der Waals surface area contributed by atoms with Gasteiger partial charge in [0.15, 0.2) is 11.6 Å². The number of halogens is 2. The van der Waals surface area contributed by atoms with Crippen molar-refractivity contribution in [2.45, 2.75) is 57.1 Å². The number of hydrogen-bond donors (Lipinski definition) is 0. The molecule has 1 spiro atoms. The molecule has 3 fully saturated rings. The standard InChI is InChI=1S/C20H27F2N3O2/c1-27-16-5-3-15(4-6-16)25-10-8-20(19(25)26)7-2-9-24(13-20)18-17(22)11-14(21)12-23-18/h11-12,15-16H,2-10,13H2,1H3/t15-,16-,20-/m0/s1. The van der Waals surface area contributed by atoms with Crippen LogP contribution in [-0.4, -0.2) is 54.7 Å². The number of ether oxygens (including phenoxy) is 1. The van der Waals surface area contributed by atoms with Crippen LogP contribution in [0.25, 0.3) is 0 Å². The van der Waals surface area contributed by atoms with Crippen LogP contribution < -0.4 is 4.90 Å². The predicted molar refractivity (Wildman–Crippen MR) is 97.4 cm³/mol. The predicted octanol–water partition coefficient (Wildman–Crippen LogP) is 3.14. The van der Waals surface area contributed by atoms with Crippen LogP contribution in [0.5, 0.6) is 0 Å². The van der Waals surface area contributed by atoms with Gasteiger partial charge < -0.3 is 14.5 Å². The second kappa shape index (κ2) is 7.34. The maximum absolute atomic E-state index is 14.2. The van der Waals surface area contributed by atoms with E-state index in [0.717, 1.165) is 63.8 Å². The summed E-state index contributed by atoms with van der Waals surface area (Å²) in [5, 5.41) is 0. The van der Waals surface area contributed by atoms with Crippen LogP contribution in [0.3, 0.4) is 0 Å². The lowest BCUT2D eigenvalue weighted by Gasteiger charge is -2.41. The van der Waals surface area contributed by atoms with Crippen LogP contribution in [0.4, 0.5) is 14.6 Å². The number of methoxy groups -OCH3 is 1. The first-order valence-corrected chi connectivity index (χ1v) is 9.92. The molecule has 0 aromatic carbocycles. The van der Waals surface area contributed by atoms with E-state index in [-0.39, 0.29) is 11.7 Å². The fraction of sp³-hybridized carbons (Fsp3) is 0.700. The molecule has 1 aromatic heterocycles. The second-order valence-corrected chi connectivity index (χ2v) is 8.18. The molecule has 0 unspecified atom stereocenters. The maximum Gasteiger partial charge on any atom is 0.230 e. The summed E-state index contributed by atoms with van der Waals surface area (Å²) < 4.78 is 32.8. The van der Waals surface area contributed by atoms with Crippen LogP contribution in [0.1, 0.15) is 44.9 Å². The summed E-state index contributed by atoms with van der Waals surface area (Å²) in [4.78, 5) is 21.2. The first-order valence-electron chi connectivity index (χ1n) is 9.92. The molecule has 7 heteroatoms. The van der Waals surface area contributed by atoms with Gasteiger partial charge in [0, 0.05) is 38.9 Å². The monoisotopic (exact) mass is 379 g/mol. The highest BCUT2D eigenvalue weighted by atomic mass is 19.1. The van der Waals surface area contributed by atoms with Gasteiger partial charge in [-0.2, -0.15) is 0 Å². The van der Waals surface area contributed by atoms with Crippen molar-refractivity contribution in [3.63, 3.8) is 0 Å². The molecule has 1 atom stereocenters. The number of pyridine rings is 1. The molecule has 4 rings (SSSR count). The van der Waals surface area contributed by atoms with Crippen molar-refractivity contribution in [3.8, 4) is 0 Å². The van der Waals surface area contributed by atoms with Crippen LogP contribution >= 0.6 is 0 Å². The lowest BCUT2D eigenvalue weighted by Crippen LogP contribution is -2.50. The fourth-order valence-corrected chi connectivity index (χ4v) is 5.12.